The second kappa shape index (κ2) is 29.5. The molecule has 36 heteroatoms. The number of amides is 4. The molecule has 2 unspecified atom stereocenters. The molecule has 4 amide bonds. The number of imide groups is 1. The summed E-state index contributed by atoms with van der Waals surface area (Å²) in [5, 5.41) is 58.0. The standard InChI is InChI=1S/C51H60N7O25P3S/c1-51(2,45(67)49(68)53-19-18-39(63)52-20-21-87)26-80-86(74,75)83-85(72,73)79-25-38-44(82-84(69,70)71)43(66)50(81-38)58-46(34(62)15-9-28-6-12-31(59)35(22-28)76-3)56-42-47(54-27-55-48(42)58)57(40(64)16-10-29-7-13-32(60)36(23-29)77-4)41(65)17-11-30-8-14-33(61)37(24-30)78-5/h6-17,22-24,27,38,43-45,50,59-61,66-67,87H,18-21,25-26H2,1-5H3,(H,52,63)(H,53,68)(H,72,73)(H,74,75)(H2,69,70,71)/b15-9+,16-10+,17-11+/t38-,43-,44-,45+,50-/m1/s1. The molecule has 0 aliphatic carbocycles. The van der Waals surface area contributed by atoms with E-state index in [0.717, 1.165) is 29.1 Å². The first kappa shape index (κ1) is 68.7. The van der Waals surface area contributed by atoms with Crippen LogP contribution in [0.1, 0.15) is 53.8 Å². The zero-order valence-corrected chi connectivity index (χ0v) is 50.0. The number of aromatic hydroxyl groups is 3. The van der Waals surface area contributed by atoms with Gasteiger partial charge in [-0.2, -0.15) is 16.9 Å². The molecule has 32 nitrogen and oxygen atoms in total. The summed E-state index contributed by atoms with van der Waals surface area (Å²) < 4.78 is 80.1. The SMILES string of the molecule is COc1cc(/C=C/C(=O)c2nc3c(N(C(=O)/C=C/c4ccc(O)c(OC)c4)C(=O)/C=C/c4ccc(O)c(OC)c4)ncnc3n2[C@@H]2O[C@H](COP(=O)(O)OP(=O)(O)OCC(C)(C)[C@@H](O)C(=O)NCCC(=O)NCCS)[C@@H](OP(=O)(O)O)[C@H]2O)ccc1O. The van der Waals surface area contributed by atoms with Gasteiger partial charge in [0, 0.05) is 42.8 Å². The van der Waals surface area contributed by atoms with Crippen molar-refractivity contribution in [2.24, 2.45) is 5.41 Å². The molecule has 11 N–H and O–H groups in total. The summed E-state index contributed by atoms with van der Waals surface area (Å²) in [5.41, 5.74) is -2.04. The molecule has 0 spiro atoms. The predicted molar refractivity (Wildman–Crippen MR) is 307 cm³/mol. The number of aromatic nitrogens is 4. The van der Waals surface area contributed by atoms with Crippen LogP contribution in [0.2, 0.25) is 0 Å². The minimum atomic E-state index is -5.89. The molecule has 5 aromatic rings. The number of anilines is 1. The van der Waals surface area contributed by atoms with Crippen molar-refractivity contribution in [3.8, 4) is 34.5 Å². The van der Waals surface area contributed by atoms with E-state index in [2.05, 4.69) is 42.5 Å². The number of ketones is 1. The van der Waals surface area contributed by atoms with Gasteiger partial charge in [-0.3, -0.25) is 42.1 Å². The zero-order valence-electron chi connectivity index (χ0n) is 46.4. The van der Waals surface area contributed by atoms with E-state index in [1.54, 1.807) is 0 Å². The number of nitrogens with zero attached hydrogens (tertiary/aromatic N) is 5. The van der Waals surface area contributed by atoms with Crippen molar-refractivity contribution in [1.82, 2.24) is 30.2 Å². The first-order valence-corrected chi connectivity index (χ1v) is 30.4. The van der Waals surface area contributed by atoms with E-state index < -0.39 is 125 Å². The second-order valence-electron chi connectivity index (χ2n) is 19.1. The number of imidazole rings is 1. The normalized spacial score (nSPS) is 18.1. The lowest BCUT2D eigenvalue weighted by Gasteiger charge is -2.30. The van der Waals surface area contributed by atoms with Gasteiger partial charge in [0.1, 0.15) is 30.7 Å². The Morgan fingerprint density at radius 2 is 1.29 bits per heavy atom. The molecule has 7 atom stereocenters. The predicted octanol–water partition coefficient (Wildman–Crippen LogP) is 3.08. The van der Waals surface area contributed by atoms with E-state index in [0.29, 0.717) is 10.7 Å². The zero-order chi connectivity index (χ0) is 64.2. The lowest BCUT2D eigenvalue weighted by atomic mass is 9.87. The van der Waals surface area contributed by atoms with Gasteiger partial charge >= 0.3 is 23.5 Å². The fourth-order valence-electron chi connectivity index (χ4n) is 7.98. The summed E-state index contributed by atoms with van der Waals surface area (Å²) in [4.78, 5) is 123. The number of thiol groups is 1. The lowest BCUT2D eigenvalue weighted by molar-refractivity contribution is -0.137. The van der Waals surface area contributed by atoms with Crippen molar-refractivity contribution in [1.29, 1.82) is 0 Å². The van der Waals surface area contributed by atoms with E-state index in [1.165, 1.54) is 108 Å². The van der Waals surface area contributed by atoms with Crippen LogP contribution in [0.3, 0.4) is 0 Å². The highest BCUT2D eigenvalue weighted by Gasteiger charge is 2.51. The third-order valence-corrected chi connectivity index (χ3v) is 15.6. The number of hydrogen-bond donors (Lipinski definition) is 12. The van der Waals surface area contributed by atoms with E-state index >= 15 is 0 Å². The van der Waals surface area contributed by atoms with Crippen molar-refractivity contribution in [3.63, 3.8) is 0 Å². The molecular weight excluding hydrogens is 1240 g/mol. The Labute approximate surface area is 499 Å². The average molecular weight is 1300 g/mol. The monoisotopic (exact) mass is 1300 g/mol. The first-order chi connectivity index (χ1) is 40.9. The maximum Gasteiger partial charge on any atom is 0.481 e. The van der Waals surface area contributed by atoms with Gasteiger partial charge in [0.2, 0.25) is 17.6 Å². The van der Waals surface area contributed by atoms with E-state index in [-0.39, 0.29) is 70.7 Å². The summed E-state index contributed by atoms with van der Waals surface area (Å²) >= 11 is 3.98. The number of phenolic OH excluding ortho intramolecular Hbond substituents is 3. The number of nitrogens with one attached hydrogen (secondary N) is 2. The van der Waals surface area contributed by atoms with E-state index in [9.17, 15) is 82.8 Å². The molecule has 0 bridgehead atoms. The van der Waals surface area contributed by atoms with Crippen molar-refractivity contribution in [2.45, 2.75) is 50.9 Å². The number of carbonyl (C=O) groups is 5. The summed E-state index contributed by atoms with van der Waals surface area (Å²) in [7, 11) is -13.5. The molecule has 3 aromatic carbocycles. The molecule has 1 aliphatic heterocycles. The van der Waals surface area contributed by atoms with Crippen molar-refractivity contribution in [2.75, 3.05) is 58.3 Å². The number of phosphoric ester groups is 3. The van der Waals surface area contributed by atoms with Gasteiger partial charge in [-0.05, 0) is 71.3 Å². The van der Waals surface area contributed by atoms with Crippen LogP contribution in [-0.2, 0) is 55.5 Å². The third kappa shape index (κ3) is 18.3. The molecule has 3 heterocycles. The first-order valence-electron chi connectivity index (χ1n) is 25.3. The van der Waals surface area contributed by atoms with Crippen LogP contribution in [0.4, 0.5) is 5.82 Å². The van der Waals surface area contributed by atoms with Crippen LogP contribution < -0.4 is 29.7 Å². The minimum absolute atomic E-state index is 0.0102. The van der Waals surface area contributed by atoms with Gasteiger partial charge in [0.15, 0.2) is 63.5 Å². The number of aliphatic hydroxyl groups excluding tert-OH is 2. The minimum Gasteiger partial charge on any atom is -0.504 e. The van der Waals surface area contributed by atoms with Crippen LogP contribution >= 0.6 is 36.1 Å². The van der Waals surface area contributed by atoms with Crippen LogP contribution in [0, 0.1) is 5.41 Å². The van der Waals surface area contributed by atoms with Gasteiger partial charge in [0.25, 0.3) is 11.8 Å². The quantitative estimate of drug-likeness (QED) is 0.0142. The molecule has 6 rings (SSSR count). The molecule has 1 aliphatic rings. The number of phenols is 3. The summed E-state index contributed by atoms with van der Waals surface area (Å²) in [5.74, 6) is -6.61. The topological polar surface area (TPSA) is 463 Å². The Bertz CT molecular complexity index is 3540. The highest BCUT2D eigenvalue weighted by atomic mass is 32.1. The molecule has 87 heavy (non-hydrogen) atoms. The molecule has 1 saturated heterocycles. The number of phosphoric acid groups is 3. The Hall–Kier alpha value is -7.42. The Morgan fingerprint density at radius 3 is 1.79 bits per heavy atom. The van der Waals surface area contributed by atoms with Crippen LogP contribution in [0.5, 0.6) is 34.5 Å². The Balaban J connectivity index is 1.38. The molecule has 0 saturated carbocycles. The number of carbonyl (C=O) groups excluding carboxylic acids is 5. The molecule has 470 valence electrons. The summed E-state index contributed by atoms with van der Waals surface area (Å²) in [6, 6.07) is 12.0. The largest absolute Gasteiger partial charge is 0.504 e. The maximum absolute atomic E-state index is 14.5. The third-order valence-electron chi connectivity index (χ3n) is 12.3. The fraction of sp³-hybridized carbons (Fsp3) is 0.333. The van der Waals surface area contributed by atoms with Crippen LogP contribution in [0.15, 0.2) is 79.2 Å². The number of hydrogen-bond acceptors (Lipinski definition) is 25. The highest BCUT2D eigenvalue weighted by Crippen LogP contribution is 2.61. The second-order valence-corrected chi connectivity index (χ2v) is 23.7. The number of methoxy groups -OCH3 is 3. The maximum atomic E-state index is 14.5. The van der Waals surface area contributed by atoms with Gasteiger partial charge in [-0.25, -0.2) is 33.5 Å². The lowest BCUT2D eigenvalue weighted by Crippen LogP contribution is -2.46. The van der Waals surface area contributed by atoms with Gasteiger partial charge in [-0.1, -0.05) is 38.1 Å². The fourth-order valence-corrected chi connectivity index (χ4v) is 10.9. The molecular formula is C51H60N7O25P3S. The average Bonchev–Trinajstić information content (AvgIpc) is 1.64. The molecule has 0 radical (unpaired) electrons. The smallest absolute Gasteiger partial charge is 0.481 e. The van der Waals surface area contributed by atoms with Crippen LogP contribution in [-0.4, -0.2) is 172 Å². The van der Waals surface area contributed by atoms with Crippen LogP contribution in [0.25, 0.3) is 29.4 Å². The number of fused-ring (bicyclic) bond motifs is 1. The summed E-state index contributed by atoms with van der Waals surface area (Å²) in [6.45, 7) is 0.0381. The van der Waals surface area contributed by atoms with E-state index in [1.807, 2.05) is 0 Å². The van der Waals surface area contributed by atoms with E-state index in [4.69, 9.17) is 32.5 Å². The molecule has 2 aromatic heterocycles. The van der Waals surface area contributed by atoms with Crippen molar-refractivity contribution < 1.29 is 120 Å². The number of allylic oxidation sites excluding steroid dienone is 1. The molecule has 1 fully saturated rings. The number of benzene rings is 3. The Kier molecular flexibility index (Phi) is 23.3. The summed E-state index contributed by atoms with van der Waals surface area (Å²) in [6.07, 6.45) is -3.92. The number of aliphatic hydroxyl groups is 2. The Morgan fingerprint density at radius 1 is 0.770 bits per heavy atom. The van der Waals surface area contributed by atoms with Gasteiger partial charge in [0.05, 0.1) is 34.5 Å². The van der Waals surface area contributed by atoms with Crippen molar-refractivity contribution >= 4 is 101 Å². The number of rotatable bonds is 29. The van der Waals surface area contributed by atoms with Gasteiger partial charge < -0.3 is 74.7 Å². The highest BCUT2D eigenvalue weighted by molar-refractivity contribution is 7.80. The van der Waals surface area contributed by atoms with Gasteiger partial charge in [-0.15, -0.1) is 0 Å². The number of ether oxygens (including phenoxy) is 4. The van der Waals surface area contributed by atoms with Crippen molar-refractivity contribution in [3.05, 3.63) is 102 Å².